The standard InChI is InChI=1S/C6H4N3S.Na/c10-9-6-4-2-1-3-5(6)7-8-9;/h1-4H;/q-1;+1. The van der Waals surface area contributed by atoms with E-state index in [4.69, 9.17) is 12.8 Å². The SMILES string of the molecule is [Na+].[S-]n1nnc2ccccc21. The number of fused-ring (bicyclic) bond motifs is 1. The second-order valence-electron chi connectivity index (χ2n) is 1.95. The summed E-state index contributed by atoms with van der Waals surface area (Å²) < 4.78 is 1.34. The van der Waals surface area contributed by atoms with Crippen LogP contribution in [0.3, 0.4) is 0 Å². The van der Waals surface area contributed by atoms with Crippen LogP contribution in [0, 0.1) is 0 Å². The molecule has 50 valence electrons. The van der Waals surface area contributed by atoms with Crippen molar-refractivity contribution >= 4 is 23.8 Å². The maximum absolute atomic E-state index is 4.83. The van der Waals surface area contributed by atoms with Gasteiger partial charge in [0.2, 0.25) is 0 Å². The molecule has 3 nitrogen and oxygen atoms in total. The first-order valence-electron chi connectivity index (χ1n) is 2.86. The molecule has 0 aliphatic carbocycles. The normalized spacial score (nSPS) is 9.45. The number of para-hydroxylation sites is 1. The summed E-state index contributed by atoms with van der Waals surface area (Å²) in [5, 5.41) is 7.50. The van der Waals surface area contributed by atoms with Crippen molar-refractivity contribution in [2.24, 2.45) is 0 Å². The fourth-order valence-corrected chi connectivity index (χ4v) is 1.04. The van der Waals surface area contributed by atoms with Crippen molar-refractivity contribution in [1.82, 2.24) is 14.4 Å². The summed E-state index contributed by atoms with van der Waals surface area (Å²) in [4.78, 5) is 0. The van der Waals surface area contributed by atoms with E-state index < -0.39 is 0 Å². The van der Waals surface area contributed by atoms with E-state index >= 15 is 0 Å². The Balaban J connectivity index is 0.000000605. The van der Waals surface area contributed by atoms with Crippen molar-refractivity contribution in [3.8, 4) is 0 Å². The average molecular weight is 173 g/mol. The second-order valence-corrected chi connectivity index (χ2v) is 2.30. The van der Waals surface area contributed by atoms with Gasteiger partial charge in [-0.25, -0.2) is 0 Å². The number of benzene rings is 1. The van der Waals surface area contributed by atoms with Crippen LogP contribution in [-0.2, 0) is 12.8 Å². The minimum absolute atomic E-state index is 0. The van der Waals surface area contributed by atoms with Gasteiger partial charge >= 0.3 is 29.6 Å². The quantitative estimate of drug-likeness (QED) is 0.333. The summed E-state index contributed by atoms with van der Waals surface area (Å²) in [5.74, 6) is 0. The molecule has 1 heterocycles. The first-order valence-corrected chi connectivity index (χ1v) is 3.22. The third-order valence-electron chi connectivity index (χ3n) is 1.32. The molecule has 0 bridgehead atoms. The molecule has 1 aromatic carbocycles. The Bertz CT molecular complexity index is 359. The summed E-state index contributed by atoms with van der Waals surface area (Å²) in [6.45, 7) is 0. The van der Waals surface area contributed by atoms with Crippen LogP contribution in [0.2, 0.25) is 0 Å². The molecule has 1 aromatic heterocycles. The number of hydrogen-bond donors (Lipinski definition) is 0. The van der Waals surface area contributed by atoms with Crippen molar-refractivity contribution in [2.75, 3.05) is 0 Å². The summed E-state index contributed by atoms with van der Waals surface area (Å²) in [6.07, 6.45) is 0. The van der Waals surface area contributed by atoms with Crippen molar-refractivity contribution in [1.29, 1.82) is 0 Å². The van der Waals surface area contributed by atoms with Gasteiger partial charge in [-0.3, -0.25) is 0 Å². The maximum Gasteiger partial charge on any atom is 1.00 e. The Morgan fingerprint density at radius 2 is 2.00 bits per heavy atom. The molecule has 0 radical (unpaired) electrons. The topological polar surface area (TPSA) is 30.7 Å². The second kappa shape index (κ2) is 3.49. The molecular formula is C6H4N3NaS. The Morgan fingerprint density at radius 3 is 2.73 bits per heavy atom. The zero-order valence-corrected chi connectivity index (χ0v) is 8.88. The van der Waals surface area contributed by atoms with E-state index in [1.807, 2.05) is 24.3 Å². The van der Waals surface area contributed by atoms with E-state index in [1.165, 1.54) is 4.09 Å². The van der Waals surface area contributed by atoms with Gasteiger partial charge in [-0.05, 0) is 12.1 Å². The largest absolute Gasteiger partial charge is 1.00 e. The predicted octanol–water partition coefficient (Wildman–Crippen LogP) is -2.25. The Hall–Kier alpha value is -0.160. The first-order chi connectivity index (χ1) is 4.88. The molecule has 0 saturated heterocycles. The Kier molecular flexibility index (Phi) is 2.84. The minimum atomic E-state index is 0. The van der Waals surface area contributed by atoms with Crippen LogP contribution in [0.5, 0.6) is 0 Å². The third-order valence-corrected chi connectivity index (χ3v) is 1.59. The molecule has 0 unspecified atom stereocenters. The van der Waals surface area contributed by atoms with Crippen LogP contribution >= 0.6 is 0 Å². The van der Waals surface area contributed by atoms with Gasteiger partial charge < -0.3 is 16.9 Å². The van der Waals surface area contributed by atoms with Crippen LogP contribution in [0.1, 0.15) is 0 Å². The molecule has 0 fully saturated rings. The summed E-state index contributed by atoms with van der Waals surface area (Å²) >= 11 is 4.83. The van der Waals surface area contributed by atoms with Gasteiger partial charge in [-0.1, -0.05) is 17.3 Å². The fraction of sp³-hybridized carbons (Fsp3) is 0. The molecule has 2 rings (SSSR count). The summed E-state index contributed by atoms with van der Waals surface area (Å²) in [6, 6.07) is 7.59. The summed E-state index contributed by atoms with van der Waals surface area (Å²) in [5.41, 5.74) is 1.73. The van der Waals surface area contributed by atoms with E-state index in [2.05, 4.69) is 10.3 Å². The van der Waals surface area contributed by atoms with Gasteiger partial charge in [0, 0.05) is 0 Å². The molecule has 0 N–H and O–H groups in total. The molecule has 11 heavy (non-hydrogen) atoms. The zero-order valence-electron chi connectivity index (χ0n) is 6.06. The molecule has 0 saturated carbocycles. The number of nitrogens with zero attached hydrogens (tertiary/aromatic N) is 3. The van der Waals surface area contributed by atoms with Crippen molar-refractivity contribution < 1.29 is 29.6 Å². The van der Waals surface area contributed by atoms with Gasteiger partial charge in [0.05, 0.1) is 5.52 Å². The molecule has 0 amide bonds. The van der Waals surface area contributed by atoms with Crippen LogP contribution in [0.25, 0.3) is 11.0 Å². The zero-order chi connectivity index (χ0) is 6.97. The fourth-order valence-electron chi connectivity index (χ4n) is 0.847. The molecule has 0 aliphatic rings. The number of aromatic nitrogens is 3. The van der Waals surface area contributed by atoms with Crippen LogP contribution in [0.4, 0.5) is 0 Å². The number of rotatable bonds is 0. The van der Waals surface area contributed by atoms with Gasteiger partial charge in [-0.15, -0.1) is 5.10 Å². The molecule has 0 aliphatic heterocycles. The average Bonchev–Trinajstić information content (AvgIpc) is 2.34. The number of hydrogen-bond acceptors (Lipinski definition) is 3. The third kappa shape index (κ3) is 1.54. The first kappa shape index (κ1) is 8.93. The van der Waals surface area contributed by atoms with Gasteiger partial charge in [0.15, 0.2) is 0 Å². The van der Waals surface area contributed by atoms with E-state index in [-0.39, 0.29) is 29.6 Å². The van der Waals surface area contributed by atoms with Gasteiger partial charge in [0.1, 0.15) is 5.52 Å². The molecule has 2 aromatic rings. The predicted molar refractivity (Wildman–Crippen MR) is 40.3 cm³/mol. The van der Waals surface area contributed by atoms with E-state index in [0.717, 1.165) is 11.0 Å². The monoisotopic (exact) mass is 173 g/mol. The van der Waals surface area contributed by atoms with Crippen LogP contribution in [-0.4, -0.2) is 14.4 Å². The Morgan fingerprint density at radius 1 is 1.27 bits per heavy atom. The van der Waals surface area contributed by atoms with E-state index in [1.54, 1.807) is 0 Å². The molecule has 5 heteroatoms. The van der Waals surface area contributed by atoms with Gasteiger partial charge in [0.25, 0.3) is 0 Å². The molecular weight excluding hydrogens is 169 g/mol. The molecule has 0 atom stereocenters. The van der Waals surface area contributed by atoms with Gasteiger partial charge in [-0.2, -0.15) is 0 Å². The maximum atomic E-state index is 4.83. The van der Waals surface area contributed by atoms with E-state index in [0.29, 0.717) is 0 Å². The van der Waals surface area contributed by atoms with Crippen LogP contribution in [0.15, 0.2) is 24.3 Å². The van der Waals surface area contributed by atoms with Crippen LogP contribution < -0.4 is 29.6 Å². The van der Waals surface area contributed by atoms with Crippen molar-refractivity contribution in [3.05, 3.63) is 24.3 Å². The summed E-state index contributed by atoms with van der Waals surface area (Å²) in [7, 11) is 0. The smallest absolute Gasteiger partial charge is 0.664 e. The minimum Gasteiger partial charge on any atom is -0.664 e. The molecule has 0 spiro atoms. The Labute approximate surface area is 91.6 Å². The van der Waals surface area contributed by atoms with Crippen molar-refractivity contribution in [3.63, 3.8) is 0 Å². The van der Waals surface area contributed by atoms with E-state index in [9.17, 15) is 0 Å². The van der Waals surface area contributed by atoms with Crippen molar-refractivity contribution in [2.45, 2.75) is 0 Å².